The Bertz CT molecular complexity index is 1120. The number of fused-ring (bicyclic) bond motifs is 1. The molecule has 1 amide bonds. The van der Waals surface area contributed by atoms with Crippen molar-refractivity contribution in [2.75, 3.05) is 11.1 Å². The SMILES string of the molecule is Cc1cccc(NC(=O)CSc2nc3ccc(Cl)cc3c(=O)n2CC(C)C)c1C. The van der Waals surface area contributed by atoms with Crippen molar-refractivity contribution in [2.45, 2.75) is 39.4 Å². The molecule has 0 aliphatic heterocycles. The molecule has 0 saturated carbocycles. The first kappa shape index (κ1) is 21.4. The normalized spacial score (nSPS) is 11.2. The summed E-state index contributed by atoms with van der Waals surface area (Å²) in [6.07, 6.45) is 0. The molecule has 0 radical (unpaired) electrons. The molecule has 1 N–H and O–H groups in total. The lowest BCUT2D eigenvalue weighted by molar-refractivity contribution is -0.113. The molecule has 0 aliphatic carbocycles. The van der Waals surface area contributed by atoms with E-state index < -0.39 is 0 Å². The van der Waals surface area contributed by atoms with Crippen LogP contribution in [0.1, 0.15) is 25.0 Å². The van der Waals surface area contributed by atoms with E-state index in [2.05, 4.69) is 10.3 Å². The molecule has 5 nitrogen and oxygen atoms in total. The number of nitrogens with one attached hydrogen (secondary N) is 1. The summed E-state index contributed by atoms with van der Waals surface area (Å²) in [5, 5.41) is 4.47. The van der Waals surface area contributed by atoms with Gasteiger partial charge in [-0.3, -0.25) is 14.2 Å². The number of halogens is 1. The molecule has 0 spiro atoms. The number of aryl methyl sites for hydroxylation is 1. The van der Waals surface area contributed by atoms with Crippen molar-refractivity contribution in [1.82, 2.24) is 9.55 Å². The molecule has 7 heteroatoms. The molecule has 0 unspecified atom stereocenters. The highest BCUT2D eigenvalue weighted by Crippen LogP contribution is 2.22. The van der Waals surface area contributed by atoms with Crippen LogP contribution in [0.3, 0.4) is 0 Å². The molecule has 2 aromatic carbocycles. The highest BCUT2D eigenvalue weighted by atomic mass is 35.5. The van der Waals surface area contributed by atoms with Crippen molar-refractivity contribution in [3.8, 4) is 0 Å². The average molecular weight is 430 g/mol. The zero-order chi connectivity index (χ0) is 21.1. The Labute approximate surface area is 179 Å². The number of thioether (sulfide) groups is 1. The summed E-state index contributed by atoms with van der Waals surface area (Å²) < 4.78 is 1.64. The van der Waals surface area contributed by atoms with Gasteiger partial charge in [0.2, 0.25) is 5.91 Å². The first-order valence-electron chi connectivity index (χ1n) is 9.45. The van der Waals surface area contributed by atoms with Crippen LogP contribution in [0.5, 0.6) is 0 Å². The Morgan fingerprint density at radius 1 is 1.24 bits per heavy atom. The molecule has 152 valence electrons. The van der Waals surface area contributed by atoms with Crippen LogP contribution in [0.2, 0.25) is 5.02 Å². The monoisotopic (exact) mass is 429 g/mol. The lowest BCUT2D eigenvalue weighted by Gasteiger charge is -2.15. The summed E-state index contributed by atoms with van der Waals surface area (Å²) >= 11 is 7.32. The fraction of sp³-hybridized carbons (Fsp3) is 0.318. The lowest BCUT2D eigenvalue weighted by atomic mass is 10.1. The highest BCUT2D eigenvalue weighted by molar-refractivity contribution is 7.99. The van der Waals surface area contributed by atoms with E-state index in [1.54, 1.807) is 22.8 Å². The third-order valence-electron chi connectivity index (χ3n) is 4.64. The molecule has 3 aromatic rings. The maximum absolute atomic E-state index is 13.0. The van der Waals surface area contributed by atoms with E-state index in [1.165, 1.54) is 11.8 Å². The number of rotatable bonds is 6. The van der Waals surface area contributed by atoms with Gasteiger partial charge in [0.1, 0.15) is 0 Å². The van der Waals surface area contributed by atoms with Gasteiger partial charge < -0.3 is 5.32 Å². The predicted molar refractivity (Wildman–Crippen MR) is 121 cm³/mol. The largest absolute Gasteiger partial charge is 0.325 e. The minimum absolute atomic E-state index is 0.134. The first-order chi connectivity index (χ1) is 13.8. The van der Waals surface area contributed by atoms with Crippen LogP contribution in [-0.4, -0.2) is 21.2 Å². The predicted octanol–water partition coefficient (Wildman–Crippen LogP) is 5.05. The quantitative estimate of drug-likeness (QED) is 0.439. The summed E-state index contributed by atoms with van der Waals surface area (Å²) in [6, 6.07) is 10.9. The zero-order valence-electron chi connectivity index (χ0n) is 17.0. The molecule has 0 aliphatic rings. The highest BCUT2D eigenvalue weighted by Gasteiger charge is 2.15. The molecular weight excluding hydrogens is 406 g/mol. The maximum Gasteiger partial charge on any atom is 0.262 e. The molecule has 29 heavy (non-hydrogen) atoms. The van der Waals surface area contributed by atoms with Crippen LogP contribution >= 0.6 is 23.4 Å². The van der Waals surface area contributed by atoms with Gasteiger partial charge in [-0.25, -0.2) is 4.98 Å². The minimum Gasteiger partial charge on any atom is -0.325 e. The molecule has 0 fully saturated rings. The van der Waals surface area contributed by atoms with Gasteiger partial charge in [0.05, 0.1) is 16.7 Å². The second kappa shape index (κ2) is 9.01. The number of nitrogens with zero attached hydrogens (tertiary/aromatic N) is 2. The van der Waals surface area contributed by atoms with Crippen molar-refractivity contribution < 1.29 is 4.79 Å². The standard InChI is InChI=1S/C22H24ClN3O2S/c1-13(2)11-26-21(28)17-10-16(23)8-9-19(17)25-22(26)29-12-20(27)24-18-7-5-6-14(3)15(18)4/h5-10,13H,11-12H2,1-4H3,(H,24,27). The van der Waals surface area contributed by atoms with Gasteiger partial charge in [-0.2, -0.15) is 0 Å². The summed E-state index contributed by atoms with van der Waals surface area (Å²) in [6.45, 7) is 8.59. The Morgan fingerprint density at radius 2 is 2.00 bits per heavy atom. The number of hydrogen-bond acceptors (Lipinski definition) is 4. The number of carbonyl (C=O) groups excluding carboxylic acids is 1. The fourth-order valence-electron chi connectivity index (χ4n) is 3.01. The molecule has 0 bridgehead atoms. The van der Waals surface area contributed by atoms with Gasteiger partial charge in [0.25, 0.3) is 5.56 Å². The van der Waals surface area contributed by atoms with Gasteiger partial charge in [-0.1, -0.05) is 49.3 Å². The van der Waals surface area contributed by atoms with Gasteiger partial charge >= 0.3 is 0 Å². The van der Waals surface area contributed by atoms with Gasteiger partial charge in [0.15, 0.2) is 5.16 Å². The smallest absolute Gasteiger partial charge is 0.262 e. The van der Waals surface area contributed by atoms with Crippen molar-refractivity contribution in [1.29, 1.82) is 0 Å². The number of hydrogen-bond donors (Lipinski definition) is 1. The van der Waals surface area contributed by atoms with E-state index in [4.69, 9.17) is 11.6 Å². The zero-order valence-corrected chi connectivity index (χ0v) is 18.5. The van der Waals surface area contributed by atoms with Crippen LogP contribution in [0.25, 0.3) is 10.9 Å². The lowest BCUT2D eigenvalue weighted by Crippen LogP contribution is -2.26. The van der Waals surface area contributed by atoms with Crippen LogP contribution < -0.4 is 10.9 Å². The van der Waals surface area contributed by atoms with E-state index in [0.29, 0.717) is 27.6 Å². The second-order valence-electron chi connectivity index (χ2n) is 7.45. The third kappa shape index (κ3) is 5.00. The van der Waals surface area contributed by atoms with Crippen molar-refractivity contribution in [3.63, 3.8) is 0 Å². The van der Waals surface area contributed by atoms with Crippen LogP contribution in [0.15, 0.2) is 46.3 Å². The Balaban J connectivity index is 1.86. The summed E-state index contributed by atoms with van der Waals surface area (Å²) in [5.74, 6) is 0.288. The van der Waals surface area contributed by atoms with Crippen molar-refractivity contribution >= 4 is 45.9 Å². The van der Waals surface area contributed by atoms with Gasteiger partial charge in [-0.05, 0) is 55.2 Å². The molecule has 1 aromatic heterocycles. The number of benzene rings is 2. The van der Waals surface area contributed by atoms with Crippen molar-refractivity contribution in [2.24, 2.45) is 5.92 Å². The van der Waals surface area contributed by atoms with E-state index in [0.717, 1.165) is 16.8 Å². The summed E-state index contributed by atoms with van der Waals surface area (Å²) in [4.78, 5) is 30.1. The first-order valence-corrected chi connectivity index (χ1v) is 10.8. The molecule has 1 heterocycles. The Morgan fingerprint density at radius 3 is 2.72 bits per heavy atom. The van der Waals surface area contributed by atoms with E-state index in [-0.39, 0.29) is 23.1 Å². The third-order valence-corrected chi connectivity index (χ3v) is 5.85. The molecule has 0 saturated heterocycles. The molecule has 3 rings (SSSR count). The second-order valence-corrected chi connectivity index (χ2v) is 8.83. The maximum atomic E-state index is 13.0. The molecular formula is C22H24ClN3O2S. The van der Waals surface area contributed by atoms with E-state index in [9.17, 15) is 9.59 Å². The van der Waals surface area contributed by atoms with E-state index in [1.807, 2.05) is 45.9 Å². The van der Waals surface area contributed by atoms with Crippen LogP contribution in [-0.2, 0) is 11.3 Å². The Hall–Kier alpha value is -2.31. The minimum atomic E-state index is -0.136. The number of amides is 1. The van der Waals surface area contributed by atoms with Crippen molar-refractivity contribution in [3.05, 3.63) is 62.9 Å². The average Bonchev–Trinajstić information content (AvgIpc) is 2.66. The summed E-state index contributed by atoms with van der Waals surface area (Å²) in [7, 11) is 0. The number of aromatic nitrogens is 2. The molecule has 0 atom stereocenters. The summed E-state index contributed by atoms with van der Waals surface area (Å²) in [5.41, 5.74) is 3.41. The van der Waals surface area contributed by atoms with Gasteiger partial charge in [0, 0.05) is 17.3 Å². The van der Waals surface area contributed by atoms with E-state index >= 15 is 0 Å². The van der Waals surface area contributed by atoms with Crippen LogP contribution in [0.4, 0.5) is 5.69 Å². The fourth-order valence-corrected chi connectivity index (χ4v) is 3.99. The van der Waals surface area contributed by atoms with Gasteiger partial charge in [-0.15, -0.1) is 0 Å². The Kier molecular flexibility index (Phi) is 6.65. The topological polar surface area (TPSA) is 64.0 Å². The number of anilines is 1. The number of carbonyl (C=O) groups is 1. The van der Waals surface area contributed by atoms with Crippen LogP contribution in [0, 0.1) is 19.8 Å².